The van der Waals surface area contributed by atoms with Gasteiger partial charge in [0.05, 0.1) is 7.11 Å². The van der Waals surface area contributed by atoms with E-state index < -0.39 is 0 Å². The zero-order valence-electron chi connectivity index (χ0n) is 11.9. The van der Waals surface area contributed by atoms with Gasteiger partial charge >= 0.3 is 5.97 Å². The van der Waals surface area contributed by atoms with Crippen molar-refractivity contribution in [3.05, 3.63) is 46.5 Å². The van der Waals surface area contributed by atoms with Gasteiger partial charge in [0.15, 0.2) is 10.8 Å². The number of hydrogen-bond acceptors (Lipinski definition) is 5. The van der Waals surface area contributed by atoms with Crippen LogP contribution in [0, 0.1) is 6.92 Å². The molecule has 0 N–H and O–H groups in total. The standard InChI is InChI=1S/C15H18N2O2S/c1-4-17(10-12-8-6-5-7-9-12)15-16-13(11(2)20-15)14(18)19-3/h5-9H,4,10H2,1-3H3. The molecule has 0 fully saturated rings. The summed E-state index contributed by atoms with van der Waals surface area (Å²) in [5.74, 6) is -0.374. The van der Waals surface area contributed by atoms with Gasteiger partial charge in [0.1, 0.15) is 0 Å². The molecule has 0 spiro atoms. The van der Waals surface area contributed by atoms with Gasteiger partial charge in [0.25, 0.3) is 0 Å². The van der Waals surface area contributed by atoms with E-state index in [-0.39, 0.29) is 5.97 Å². The summed E-state index contributed by atoms with van der Waals surface area (Å²) in [6, 6.07) is 10.2. The quantitative estimate of drug-likeness (QED) is 0.793. The second-order valence-electron chi connectivity index (χ2n) is 4.39. The van der Waals surface area contributed by atoms with Crippen LogP contribution in [0.1, 0.15) is 27.9 Å². The SMILES string of the molecule is CCN(Cc1ccccc1)c1nc(C(=O)OC)c(C)s1. The number of nitrogens with zero attached hydrogens (tertiary/aromatic N) is 2. The van der Waals surface area contributed by atoms with E-state index in [1.807, 2.05) is 25.1 Å². The van der Waals surface area contributed by atoms with Gasteiger partial charge in [-0.25, -0.2) is 9.78 Å². The van der Waals surface area contributed by atoms with Crippen molar-refractivity contribution in [3.8, 4) is 0 Å². The van der Waals surface area contributed by atoms with Gasteiger partial charge in [-0.15, -0.1) is 11.3 Å². The first-order chi connectivity index (χ1) is 9.65. The minimum atomic E-state index is -0.374. The summed E-state index contributed by atoms with van der Waals surface area (Å²) in [4.78, 5) is 19.1. The van der Waals surface area contributed by atoms with Gasteiger partial charge < -0.3 is 9.64 Å². The Morgan fingerprint density at radius 2 is 2.05 bits per heavy atom. The molecule has 0 unspecified atom stereocenters. The average Bonchev–Trinajstić information content (AvgIpc) is 2.87. The molecule has 1 aromatic heterocycles. The molecule has 0 atom stereocenters. The average molecular weight is 290 g/mol. The number of carbonyl (C=O) groups is 1. The number of hydrogen-bond donors (Lipinski definition) is 0. The molecule has 0 aliphatic rings. The fraction of sp³-hybridized carbons (Fsp3) is 0.333. The summed E-state index contributed by atoms with van der Waals surface area (Å²) in [6.07, 6.45) is 0. The molecule has 1 aromatic carbocycles. The normalized spacial score (nSPS) is 10.3. The van der Waals surface area contributed by atoms with E-state index >= 15 is 0 Å². The summed E-state index contributed by atoms with van der Waals surface area (Å²) in [6.45, 7) is 5.59. The highest BCUT2D eigenvalue weighted by Gasteiger charge is 2.18. The molecule has 0 aliphatic carbocycles. The van der Waals surface area contributed by atoms with E-state index in [1.54, 1.807) is 0 Å². The van der Waals surface area contributed by atoms with E-state index in [2.05, 4.69) is 28.9 Å². The van der Waals surface area contributed by atoms with E-state index in [4.69, 9.17) is 4.74 Å². The largest absolute Gasteiger partial charge is 0.464 e. The molecule has 0 bridgehead atoms. The number of aryl methyl sites for hydroxylation is 1. The van der Waals surface area contributed by atoms with Crippen LogP contribution >= 0.6 is 11.3 Å². The fourth-order valence-corrected chi connectivity index (χ4v) is 2.88. The summed E-state index contributed by atoms with van der Waals surface area (Å²) < 4.78 is 4.75. The Labute approximate surface area is 123 Å². The lowest BCUT2D eigenvalue weighted by molar-refractivity contribution is 0.0594. The highest BCUT2D eigenvalue weighted by Crippen LogP contribution is 2.27. The fourth-order valence-electron chi connectivity index (χ4n) is 1.92. The third-order valence-corrected chi connectivity index (χ3v) is 4.06. The third-order valence-electron chi connectivity index (χ3n) is 3.03. The number of anilines is 1. The summed E-state index contributed by atoms with van der Waals surface area (Å²) >= 11 is 1.52. The van der Waals surface area contributed by atoms with E-state index in [0.717, 1.165) is 23.1 Å². The molecule has 0 saturated heterocycles. The van der Waals surface area contributed by atoms with Gasteiger partial charge in [-0.1, -0.05) is 30.3 Å². The molecule has 0 amide bonds. The Balaban J connectivity index is 2.22. The first kappa shape index (κ1) is 14.5. The van der Waals surface area contributed by atoms with Crippen molar-refractivity contribution >= 4 is 22.4 Å². The van der Waals surface area contributed by atoms with Crippen molar-refractivity contribution in [1.29, 1.82) is 0 Å². The van der Waals surface area contributed by atoms with Crippen LogP contribution in [0.3, 0.4) is 0 Å². The molecule has 5 heteroatoms. The van der Waals surface area contributed by atoms with Gasteiger partial charge in [-0.2, -0.15) is 0 Å². The number of thiazole rings is 1. The maximum atomic E-state index is 11.6. The maximum Gasteiger partial charge on any atom is 0.357 e. The van der Waals surface area contributed by atoms with Gasteiger partial charge in [0, 0.05) is 18.0 Å². The zero-order chi connectivity index (χ0) is 14.5. The second-order valence-corrected chi connectivity index (χ2v) is 5.57. The molecule has 4 nitrogen and oxygen atoms in total. The van der Waals surface area contributed by atoms with Gasteiger partial charge in [-0.3, -0.25) is 0 Å². The number of benzene rings is 1. The monoisotopic (exact) mass is 290 g/mol. The molecule has 2 rings (SSSR count). The van der Waals surface area contributed by atoms with Crippen LogP contribution in [-0.2, 0) is 11.3 Å². The summed E-state index contributed by atoms with van der Waals surface area (Å²) in [5.41, 5.74) is 1.64. The van der Waals surface area contributed by atoms with Crippen LogP contribution in [0.4, 0.5) is 5.13 Å². The molecular formula is C15H18N2O2S. The predicted octanol–water partition coefficient (Wildman–Crippen LogP) is 3.26. The molecule has 0 aliphatic heterocycles. The third kappa shape index (κ3) is 3.17. The van der Waals surface area contributed by atoms with Crippen LogP contribution < -0.4 is 4.90 Å². The van der Waals surface area contributed by atoms with Crippen LogP contribution in [0.2, 0.25) is 0 Å². The van der Waals surface area contributed by atoms with E-state index in [0.29, 0.717) is 5.69 Å². The van der Waals surface area contributed by atoms with Crippen molar-refractivity contribution in [2.75, 3.05) is 18.6 Å². The van der Waals surface area contributed by atoms with Gasteiger partial charge in [-0.05, 0) is 19.4 Å². The lowest BCUT2D eigenvalue weighted by atomic mass is 10.2. The molecule has 0 saturated carbocycles. The minimum absolute atomic E-state index is 0.374. The number of ether oxygens (including phenoxy) is 1. The van der Waals surface area contributed by atoms with Crippen LogP contribution in [0.25, 0.3) is 0 Å². The zero-order valence-corrected chi connectivity index (χ0v) is 12.7. The molecule has 106 valence electrons. The maximum absolute atomic E-state index is 11.6. The van der Waals surface area contributed by atoms with Crippen molar-refractivity contribution in [2.24, 2.45) is 0 Å². The highest BCUT2D eigenvalue weighted by atomic mass is 32.1. The number of aromatic nitrogens is 1. The van der Waals surface area contributed by atoms with Crippen LogP contribution in [0.15, 0.2) is 30.3 Å². The molecule has 1 heterocycles. The summed E-state index contributed by atoms with van der Waals surface area (Å²) in [7, 11) is 1.38. The number of carbonyl (C=O) groups excluding carboxylic acids is 1. The molecular weight excluding hydrogens is 272 g/mol. The Kier molecular flexibility index (Phi) is 4.74. The number of methoxy groups -OCH3 is 1. The molecule has 0 radical (unpaired) electrons. The highest BCUT2D eigenvalue weighted by molar-refractivity contribution is 7.15. The van der Waals surface area contributed by atoms with Crippen LogP contribution in [-0.4, -0.2) is 24.6 Å². The first-order valence-corrected chi connectivity index (χ1v) is 7.32. The first-order valence-electron chi connectivity index (χ1n) is 6.50. The Morgan fingerprint density at radius 1 is 1.35 bits per heavy atom. The van der Waals surface area contributed by atoms with Crippen LogP contribution in [0.5, 0.6) is 0 Å². The van der Waals surface area contributed by atoms with Crippen molar-refractivity contribution < 1.29 is 9.53 Å². The van der Waals surface area contributed by atoms with Crippen molar-refractivity contribution in [2.45, 2.75) is 20.4 Å². The van der Waals surface area contributed by atoms with Gasteiger partial charge in [0.2, 0.25) is 0 Å². The number of rotatable bonds is 5. The lowest BCUT2D eigenvalue weighted by Gasteiger charge is -2.19. The van der Waals surface area contributed by atoms with E-state index in [1.165, 1.54) is 24.0 Å². The van der Waals surface area contributed by atoms with Crippen molar-refractivity contribution in [3.63, 3.8) is 0 Å². The summed E-state index contributed by atoms with van der Waals surface area (Å²) in [5, 5.41) is 0.856. The lowest BCUT2D eigenvalue weighted by Crippen LogP contribution is -2.22. The Hall–Kier alpha value is -1.88. The van der Waals surface area contributed by atoms with E-state index in [9.17, 15) is 4.79 Å². The molecule has 20 heavy (non-hydrogen) atoms. The van der Waals surface area contributed by atoms with Crippen molar-refractivity contribution in [1.82, 2.24) is 4.98 Å². The molecule has 2 aromatic rings. The Bertz CT molecular complexity index is 581. The number of esters is 1. The predicted molar refractivity (Wildman–Crippen MR) is 81.4 cm³/mol. The Morgan fingerprint density at radius 3 is 2.65 bits per heavy atom. The topological polar surface area (TPSA) is 42.4 Å². The minimum Gasteiger partial charge on any atom is -0.464 e. The smallest absolute Gasteiger partial charge is 0.357 e. The second kappa shape index (κ2) is 6.52.